The van der Waals surface area contributed by atoms with Crippen molar-refractivity contribution in [2.45, 2.75) is 70.5 Å². The molecule has 0 bridgehead atoms. The molecule has 0 saturated carbocycles. The van der Waals surface area contributed by atoms with Crippen LogP contribution in [0.3, 0.4) is 0 Å². The van der Waals surface area contributed by atoms with Gasteiger partial charge in [-0.15, -0.1) is 0 Å². The van der Waals surface area contributed by atoms with Gasteiger partial charge in [0.25, 0.3) is 0 Å². The number of hydrogen-bond acceptors (Lipinski definition) is 5. The Kier molecular flexibility index (Phi) is 5.46. The van der Waals surface area contributed by atoms with Crippen LogP contribution in [0.2, 0.25) is 18.1 Å². The minimum atomic E-state index is -2.05. The largest absolute Gasteiger partial charge is 0.411 e. The average molecular weight is 359 g/mol. The normalized spacial score (nSPS) is 34.6. The van der Waals surface area contributed by atoms with Crippen molar-refractivity contribution in [1.29, 1.82) is 0 Å². The Morgan fingerprint density at radius 1 is 1.42 bits per heavy atom. The molecule has 1 saturated heterocycles. The van der Waals surface area contributed by atoms with Gasteiger partial charge in [0.15, 0.2) is 8.32 Å². The minimum absolute atomic E-state index is 0.0390. The molecule has 0 spiro atoms. The summed E-state index contributed by atoms with van der Waals surface area (Å²) in [5.41, 5.74) is 0. The van der Waals surface area contributed by atoms with Crippen LogP contribution >= 0.6 is 0 Å². The summed E-state index contributed by atoms with van der Waals surface area (Å²) in [5.74, 6) is -0.109. The van der Waals surface area contributed by atoms with Gasteiger partial charge < -0.3 is 24.7 Å². The van der Waals surface area contributed by atoms with E-state index in [9.17, 15) is 15.0 Å². The summed E-state index contributed by atoms with van der Waals surface area (Å²) in [5, 5.41) is 21.6. The van der Waals surface area contributed by atoms with Gasteiger partial charge in [0.2, 0.25) is 0 Å². The lowest BCUT2D eigenvalue weighted by molar-refractivity contribution is -0.0571. The number of carbonyl (C=O) groups is 1. The van der Waals surface area contributed by atoms with Gasteiger partial charge >= 0.3 is 6.03 Å². The predicted octanol–water partition coefficient (Wildman–Crippen LogP) is 1.59. The highest BCUT2D eigenvalue weighted by Gasteiger charge is 2.50. The standard InChI is InChI=1S/C16H30N2O5Si/c1-10-13(23-24(5,6)16(2,3)4)11(9-19)22-14(10)18-8-7-12(20)17-15(18)21/h7-8,10-14,19-20H,9H2,1-6H3,(H,17,21)/t10-,11+,12?,13-,14+/m0/s1. The number of nitrogens with zero attached hydrogens (tertiary/aromatic N) is 1. The molecule has 0 aromatic carbocycles. The summed E-state index contributed by atoms with van der Waals surface area (Å²) in [6, 6.07) is -0.425. The number of carbonyl (C=O) groups excluding carboxylic acids is 1. The first-order valence-corrected chi connectivity index (χ1v) is 11.3. The van der Waals surface area contributed by atoms with E-state index in [0.29, 0.717) is 0 Å². The second kappa shape index (κ2) is 6.76. The van der Waals surface area contributed by atoms with Crippen molar-refractivity contribution in [3.05, 3.63) is 12.3 Å². The summed E-state index contributed by atoms with van der Waals surface area (Å²) in [7, 11) is -2.05. The van der Waals surface area contributed by atoms with Crippen molar-refractivity contribution in [3.63, 3.8) is 0 Å². The lowest BCUT2D eigenvalue weighted by Gasteiger charge is -2.40. The fourth-order valence-electron chi connectivity index (χ4n) is 2.74. The second-order valence-corrected chi connectivity index (χ2v) is 12.8. The molecule has 5 atom stereocenters. The lowest BCUT2D eigenvalue weighted by Crippen LogP contribution is -2.52. The number of urea groups is 1. The van der Waals surface area contributed by atoms with Crippen LogP contribution < -0.4 is 5.32 Å². The number of nitrogens with one attached hydrogen (secondary N) is 1. The molecule has 2 aliphatic rings. The van der Waals surface area contributed by atoms with E-state index >= 15 is 0 Å². The fourth-order valence-corrected chi connectivity index (χ4v) is 4.14. The van der Waals surface area contributed by atoms with Gasteiger partial charge in [-0.3, -0.25) is 4.90 Å². The van der Waals surface area contributed by atoms with Gasteiger partial charge in [-0.2, -0.15) is 0 Å². The molecule has 2 heterocycles. The van der Waals surface area contributed by atoms with Crippen molar-refractivity contribution in [3.8, 4) is 0 Å². The van der Waals surface area contributed by atoms with Crippen LogP contribution in [0.5, 0.6) is 0 Å². The number of rotatable bonds is 4. The Morgan fingerprint density at radius 3 is 2.54 bits per heavy atom. The molecule has 24 heavy (non-hydrogen) atoms. The average Bonchev–Trinajstić information content (AvgIpc) is 2.74. The van der Waals surface area contributed by atoms with Crippen LogP contribution in [0.15, 0.2) is 12.3 Å². The van der Waals surface area contributed by atoms with E-state index in [2.05, 4.69) is 39.2 Å². The van der Waals surface area contributed by atoms with E-state index in [1.54, 1.807) is 0 Å². The first kappa shape index (κ1) is 19.4. The van der Waals surface area contributed by atoms with Crippen molar-refractivity contribution >= 4 is 14.3 Å². The highest BCUT2D eigenvalue weighted by atomic mass is 28.4. The molecule has 0 aromatic heterocycles. The van der Waals surface area contributed by atoms with Crippen LogP contribution in [0, 0.1) is 5.92 Å². The van der Waals surface area contributed by atoms with Crippen LogP contribution in [0.1, 0.15) is 27.7 Å². The quantitative estimate of drug-likeness (QED) is 0.664. The maximum Gasteiger partial charge on any atom is 0.325 e. The molecule has 1 fully saturated rings. The summed E-state index contributed by atoms with van der Waals surface area (Å²) >= 11 is 0. The monoisotopic (exact) mass is 358 g/mol. The van der Waals surface area contributed by atoms with Crippen molar-refractivity contribution < 1.29 is 24.2 Å². The van der Waals surface area contributed by atoms with Gasteiger partial charge in [-0.1, -0.05) is 27.7 Å². The number of amides is 2. The van der Waals surface area contributed by atoms with Gasteiger partial charge in [-0.05, 0) is 24.2 Å². The molecule has 2 amide bonds. The van der Waals surface area contributed by atoms with Crippen LogP contribution in [0.4, 0.5) is 4.79 Å². The zero-order valence-electron chi connectivity index (χ0n) is 15.3. The Balaban J connectivity index is 2.19. The summed E-state index contributed by atoms with van der Waals surface area (Å²) in [6.45, 7) is 12.6. The van der Waals surface area contributed by atoms with Crippen molar-refractivity contribution in [2.24, 2.45) is 5.92 Å². The van der Waals surface area contributed by atoms with Crippen LogP contribution in [-0.2, 0) is 9.16 Å². The third kappa shape index (κ3) is 3.67. The molecular weight excluding hydrogens is 328 g/mol. The van der Waals surface area contributed by atoms with E-state index < -0.39 is 32.9 Å². The first-order chi connectivity index (χ1) is 11.0. The van der Waals surface area contributed by atoms with E-state index in [0.717, 1.165) is 0 Å². The zero-order valence-corrected chi connectivity index (χ0v) is 16.3. The smallest absolute Gasteiger partial charge is 0.325 e. The van der Waals surface area contributed by atoms with Gasteiger partial charge in [0.05, 0.1) is 12.7 Å². The third-order valence-electron chi connectivity index (χ3n) is 5.27. The molecule has 3 N–H and O–H groups in total. The maximum atomic E-state index is 12.1. The Hall–Kier alpha value is -0.933. The van der Waals surface area contributed by atoms with Gasteiger partial charge in [0.1, 0.15) is 18.6 Å². The van der Waals surface area contributed by atoms with E-state index in [1.807, 2.05) is 6.92 Å². The zero-order chi connectivity index (χ0) is 18.3. The molecule has 0 aliphatic carbocycles. The molecule has 138 valence electrons. The Bertz CT molecular complexity index is 505. The summed E-state index contributed by atoms with van der Waals surface area (Å²) in [4.78, 5) is 13.5. The minimum Gasteiger partial charge on any atom is -0.411 e. The fraction of sp³-hybridized carbons (Fsp3) is 0.812. The molecular formula is C16H30N2O5Si. The third-order valence-corrected chi connectivity index (χ3v) is 9.75. The first-order valence-electron chi connectivity index (χ1n) is 8.37. The highest BCUT2D eigenvalue weighted by Crippen LogP contribution is 2.41. The highest BCUT2D eigenvalue weighted by molar-refractivity contribution is 6.74. The Morgan fingerprint density at radius 2 is 2.04 bits per heavy atom. The van der Waals surface area contributed by atoms with E-state index in [1.165, 1.54) is 17.2 Å². The van der Waals surface area contributed by atoms with Crippen LogP contribution in [0.25, 0.3) is 0 Å². The number of aliphatic hydroxyl groups excluding tert-OH is 2. The molecule has 8 heteroatoms. The van der Waals surface area contributed by atoms with E-state index in [4.69, 9.17) is 9.16 Å². The van der Waals surface area contributed by atoms with Crippen molar-refractivity contribution in [2.75, 3.05) is 6.61 Å². The summed E-state index contributed by atoms with van der Waals surface area (Å²) in [6.07, 6.45) is 0.710. The predicted molar refractivity (Wildman–Crippen MR) is 92.5 cm³/mol. The molecule has 0 aromatic rings. The van der Waals surface area contributed by atoms with Crippen LogP contribution in [-0.4, -0.2) is 60.7 Å². The summed E-state index contributed by atoms with van der Waals surface area (Å²) < 4.78 is 12.4. The molecule has 2 aliphatic heterocycles. The molecule has 7 nitrogen and oxygen atoms in total. The number of hydrogen-bond donors (Lipinski definition) is 3. The van der Waals surface area contributed by atoms with E-state index in [-0.39, 0.29) is 23.7 Å². The van der Waals surface area contributed by atoms with Crippen molar-refractivity contribution in [1.82, 2.24) is 10.2 Å². The number of aliphatic hydroxyl groups is 2. The topological polar surface area (TPSA) is 91.3 Å². The molecule has 0 radical (unpaired) electrons. The maximum absolute atomic E-state index is 12.1. The van der Waals surface area contributed by atoms with Gasteiger partial charge in [-0.25, -0.2) is 4.79 Å². The second-order valence-electron chi connectivity index (χ2n) is 8.09. The molecule has 2 rings (SSSR count). The SMILES string of the molecule is C[C@H]1[C@H](O[Si](C)(C)C(C)(C)C)[C@@H](CO)O[C@H]1N1C=CC(O)NC1=O. The lowest BCUT2D eigenvalue weighted by atomic mass is 10.0. The number of ether oxygens (including phenoxy) is 1. The Labute approximate surface area is 144 Å². The van der Waals surface area contributed by atoms with Gasteiger partial charge in [0, 0.05) is 12.1 Å². The molecule has 1 unspecified atom stereocenters.